The molecule has 0 saturated carbocycles. The van der Waals surface area contributed by atoms with Gasteiger partial charge in [0.2, 0.25) is 0 Å². The predicted octanol–water partition coefficient (Wildman–Crippen LogP) is 3.50. The van der Waals surface area contributed by atoms with Crippen molar-refractivity contribution in [3.63, 3.8) is 0 Å². The van der Waals surface area contributed by atoms with E-state index in [9.17, 15) is 9.90 Å². The number of amides is 1. The Labute approximate surface area is 145 Å². The van der Waals surface area contributed by atoms with Crippen LogP contribution in [-0.4, -0.2) is 40.8 Å². The first-order chi connectivity index (χ1) is 11.1. The lowest BCUT2D eigenvalue weighted by Gasteiger charge is -2.33. The Morgan fingerprint density at radius 2 is 1.92 bits per heavy atom. The number of alkyl carbamates (subject to hydrolysis) is 1. The lowest BCUT2D eigenvalue weighted by atomic mass is 10.0. The normalized spacial score (nSPS) is 16.9. The second-order valence-corrected chi connectivity index (χ2v) is 7.79. The van der Waals surface area contributed by atoms with Crippen molar-refractivity contribution in [3.05, 3.63) is 28.8 Å². The van der Waals surface area contributed by atoms with E-state index in [1.807, 2.05) is 46.8 Å². The van der Waals surface area contributed by atoms with Crippen LogP contribution in [0.2, 0.25) is 0 Å². The van der Waals surface area contributed by atoms with Crippen LogP contribution in [0.3, 0.4) is 0 Å². The van der Waals surface area contributed by atoms with Crippen LogP contribution < -0.4 is 5.32 Å². The molecule has 2 rings (SSSR count). The zero-order chi connectivity index (χ0) is 17.9. The van der Waals surface area contributed by atoms with Gasteiger partial charge in [0, 0.05) is 31.2 Å². The van der Waals surface area contributed by atoms with E-state index in [2.05, 4.69) is 10.2 Å². The van der Waals surface area contributed by atoms with Crippen LogP contribution in [0.5, 0.6) is 5.75 Å². The molecule has 0 unspecified atom stereocenters. The number of aromatic hydroxyl groups is 1. The lowest BCUT2D eigenvalue weighted by molar-refractivity contribution is 0.0477. The third-order valence-electron chi connectivity index (χ3n) is 4.23. The Kier molecular flexibility index (Phi) is 5.75. The number of piperidine rings is 1. The topological polar surface area (TPSA) is 61.8 Å². The van der Waals surface area contributed by atoms with Gasteiger partial charge in [0.05, 0.1) is 0 Å². The Balaban J connectivity index is 1.84. The van der Waals surface area contributed by atoms with Crippen molar-refractivity contribution in [1.82, 2.24) is 10.2 Å². The first-order valence-electron chi connectivity index (χ1n) is 8.65. The van der Waals surface area contributed by atoms with E-state index in [1.165, 1.54) is 5.56 Å². The molecule has 2 N–H and O–H groups in total. The fraction of sp³-hybridized carbons (Fsp3) is 0.632. The Bertz CT molecular complexity index is 585. The van der Waals surface area contributed by atoms with Gasteiger partial charge < -0.3 is 15.2 Å². The molecule has 0 bridgehead atoms. The highest BCUT2D eigenvalue weighted by Gasteiger charge is 2.24. The predicted molar refractivity (Wildman–Crippen MR) is 95.2 cm³/mol. The minimum absolute atomic E-state index is 0.156. The number of nitrogens with one attached hydrogen (secondary N) is 1. The zero-order valence-corrected chi connectivity index (χ0v) is 15.5. The molecule has 0 aromatic heterocycles. The summed E-state index contributed by atoms with van der Waals surface area (Å²) in [6.45, 7) is 12.1. The van der Waals surface area contributed by atoms with Gasteiger partial charge in [-0.05, 0) is 53.0 Å². The maximum absolute atomic E-state index is 11.8. The minimum atomic E-state index is -0.467. The number of nitrogens with zero attached hydrogens (tertiary/aromatic N) is 1. The second kappa shape index (κ2) is 7.43. The van der Waals surface area contributed by atoms with E-state index < -0.39 is 5.60 Å². The molecule has 0 radical (unpaired) electrons. The summed E-state index contributed by atoms with van der Waals surface area (Å²) >= 11 is 0. The molecule has 24 heavy (non-hydrogen) atoms. The van der Waals surface area contributed by atoms with Gasteiger partial charge in [0.15, 0.2) is 0 Å². The SMILES string of the molecule is Cc1cc(C)c(O)c(CN2CCC(NC(=O)OC(C)(C)C)CC2)c1. The maximum atomic E-state index is 11.8. The van der Waals surface area contributed by atoms with Crippen LogP contribution in [0, 0.1) is 13.8 Å². The summed E-state index contributed by atoms with van der Waals surface area (Å²) in [5.74, 6) is 0.398. The van der Waals surface area contributed by atoms with E-state index in [-0.39, 0.29) is 12.1 Å². The summed E-state index contributed by atoms with van der Waals surface area (Å²) in [6, 6.07) is 4.20. The number of phenolic OH excluding ortho intramolecular Hbond substituents is 1. The van der Waals surface area contributed by atoms with Gasteiger partial charge in [-0.15, -0.1) is 0 Å². The molecule has 0 aliphatic carbocycles. The van der Waals surface area contributed by atoms with Gasteiger partial charge in [-0.1, -0.05) is 17.7 Å². The van der Waals surface area contributed by atoms with Gasteiger partial charge in [0.25, 0.3) is 0 Å². The highest BCUT2D eigenvalue weighted by atomic mass is 16.6. The number of hydrogen-bond acceptors (Lipinski definition) is 4. The van der Waals surface area contributed by atoms with E-state index in [1.54, 1.807) is 0 Å². The third-order valence-corrected chi connectivity index (χ3v) is 4.23. The summed E-state index contributed by atoms with van der Waals surface area (Å²) in [5.41, 5.74) is 2.60. The van der Waals surface area contributed by atoms with Crippen LogP contribution in [-0.2, 0) is 11.3 Å². The number of rotatable bonds is 3. The second-order valence-electron chi connectivity index (χ2n) is 7.79. The van der Waals surface area contributed by atoms with Gasteiger partial charge >= 0.3 is 6.09 Å². The van der Waals surface area contributed by atoms with Crippen molar-refractivity contribution in [3.8, 4) is 5.75 Å². The summed E-state index contributed by atoms with van der Waals surface area (Å²) < 4.78 is 5.31. The average molecular weight is 334 g/mol. The van der Waals surface area contributed by atoms with Crippen molar-refractivity contribution in [1.29, 1.82) is 0 Å². The number of phenols is 1. The van der Waals surface area contributed by atoms with E-state index in [0.717, 1.165) is 43.6 Å². The highest BCUT2D eigenvalue weighted by molar-refractivity contribution is 5.68. The fourth-order valence-corrected chi connectivity index (χ4v) is 3.12. The molecule has 1 aliphatic heterocycles. The highest BCUT2D eigenvalue weighted by Crippen LogP contribution is 2.26. The Morgan fingerprint density at radius 1 is 1.29 bits per heavy atom. The van der Waals surface area contributed by atoms with Crippen molar-refractivity contribution < 1.29 is 14.6 Å². The number of carbonyl (C=O) groups excluding carboxylic acids is 1. The molecule has 1 fully saturated rings. The molecule has 1 amide bonds. The van der Waals surface area contributed by atoms with Crippen molar-refractivity contribution in [2.75, 3.05) is 13.1 Å². The van der Waals surface area contributed by atoms with Crippen molar-refractivity contribution in [2.45, 2.75) is 65.6 Å². The Morgan fingerprint density at radius 3 is 2.50 bits per heavy atom. The van der Waals surface area contributed by atoms with Gasteiger partial charge in [-0.25, -0.2) is 4.79 Å². The van der Waals surface area contributed by atoms with Crippen LogP contribution >= 0.6 is 0 Å². The maximum Gasteiger partial charge on any atom is 0.407 e. The number of likely N-dealkylation sites (tertiary alicyclic amines) is 1. The van der Waals surface area contributed by atoms with Crippen molar-refractivity contribution in [2.24, 2.45) is 0 Å². The van der Waals surface area contributed by atoms with E-state index in [4.69, 9.17) is 4.74 Å². The summed E-state index contributed by atoms with van der Waals surface area (Å²) in [6.07, 6.45) is 1.45. The molecule has 1 heterocycles. The molecule has 5 nitrogen and oxygen atoms in total. The van der Waals surface area contributed by atoms with Crippen LogP contribution in [0.25, 0.3) is 0 Å². The van der Waals surface area contributed by atoms with Gasteiger partial charge in [-0.3, -0.25) is 4.90 Å². The molecule has 0 spiro atoms. The first kappa shape index (κ1) is 18.6. The molecule has 0 atom stereocenters. The summed E-state index contributed by atoms with van der Waals surface area (Å²) in [4.78, 5) is 14.2. The number of aryl methyl sites for hydroxylation is 2. The molecule has 1 saturated heterocycles. The summed E-state index contributed by atoms with van der Waals surface area (Å²) in [5, 5.41) is 13.2. The third kappa shape index (κ3) is 5.41. The average Bonchev–Trinajstić information content (AvgIpc) is 2.44. The molecule has 1 aliphatic rings. The number of hydrogen-bond donors (Lipinski definition) is 2. The zero-order valence-electron chi connectivity index (χ0n) is 15.5. The number of ether oxygens (including phenoxy) is 1. The van der Waals surface area contributed by atoms with Crippen LogP contribution in [0.4, 0.5) is 4.79 Å². The smallest absolute Gasteiger partial charge is 0.407 e. The number of carbonyl (C=O) groups is 1. The molecular weight excluding hydrogens is 304 g/mol. The Hall–Kier alpha value is -1.75. The standard InChI is InChI=1S/C19H30N2O3/c1-13-10-14(2)17(22)15(11-13)12-21-8-6-16(7-9-21)20-18(23)24-19(3,4)5/h10-11,16,22H,6-9,12H2,1-5H3,(H,20,23). The van der Waals surface area contributed by atoms with Crippen LogP contribution in [0.1, 0.15) is 50.3 Å². The fourth-order valence-electron chi connectivity index (χ4n) is 3.12. The lowest BCUT2D eigenvalue weighted by Crippen LogP contribution is -2.45. The molecule has 1 aromatic carbocycles. The van der Waals surface area contributed by atoms with E-state index in [0.29, 0.717) is 5.75 Å². The monoisotopic (exact) mass is 334 g/mol. The van der Waals surface area contributed by atoms with E-state index >= 15 is 0 Å². The minimum Gasteiger partial charge on any atom is -0.507 e. The summed E-state index contributed by atoms with van der Waals surface area (Å²) in [7, 11) is 0. The number of benzene rings is 1. The van der Waals surface area contributed by atoms with Gasteiger partial charge in [-0.2, -0.15) is 0 Å². The molecular formula is C19H30N2O3. The largest absolute Gasteiger partial charge is 0.507 e. The first-order valence-corrected chi connectivity index (χ1v) is 8.65. The van der Waals surface area contributed by atoms with Crippen molar-refractivity contribution >= 4 is 6.09 Å². The van der Waals surface area contributed by atoms with Crippen LogP contribution in [0.15, 0.2) is 12.1 Å². The molecule has 134 valence electrons. The molecule has 1 aromatic rings. The van der Waals surface area contributed by atoms with Gasteiger partial charge in [0.1, 0.15) is 11.4 Å². The quantitative estimate of drug-likeness (QED) is 0.888. The molecule has 5 heteroatoms.